The lowest BCUT2D eigenvalue weighted by Gasteiger charge is -2.02. The van der Waals surface area contributed by atoms with E-state index >= 15 is 0 Å². The molecule has 6 heteroatoms. The van der Waals surface area contributed by atoms with Crippen LogP contribution in [-0.4, -0.2) is 25.2 Å². The van der Waals surface area contributed by atoms with Crippen molar-refractivity contribution in [3.05, 3.63) is 59.7 Å². The molecule has 0 aliphatic carbocycles. The van der Waals surface area contributed by atoms with Gasteiger partial charge >= 0.3 is 5.97 Å². The van der Waals surface area contributed by atoms with Crippen LogP contribution in [0.25, 0.3) is 0 Å². The third-order valence-electron chi connectivity index (χ3n) is 2.87. The first-order valence-electron chi connectivity index (χ1n) is 6.84. The van der Waals surface area contributed by atoms with E-state index in [0.717, 1.165) is 5.56 Å². The van der Waals surface area contributed by atoms with E-state index in [1.807, 2.05) is 0 Å². The quantitative estimate of drug-likeness (QED) is 0.398. The molecule has 118 valence electrons. The van der Waals surface area contributed by atoms with Gasteiger partial charge in [0.1, 0.15) is 11.5 Å². The van der Waals surface area contributed by atoms with Crippen molar-refractivity contribution < 1.29 is 19.1 Å². The number of nitrogens with zero attached hydrogens (tertiary/aromatic N) is 1. The Hall–Kier alpha value is -3.15. The molecule has 2 aromatic rings. The second-order valence-corrected chi connectivity index (χ2v) is 4.59. The molecular weight excluding hydrogens is 296 g/mol. The van der Waals surface area contributed by atoms with Crippen molar-refractivity contribution in [1.82, 2.24) is 5.43 Å². The van der Waals surface area contributed by atoms with Crippen LogP contribution in [0.4, 0.5) is 0 Å². The van der Waals surface area contributed by atoms with Gasteiger partial charge in [0.2, 0.25) is 0 Å². The number of hydrogen-bond acceptors (Lipinski definition) is 5. The van der Waals surface area contributed by atoms with Crippen LogP contribution in [-0.2, 0) is 4.79 Å². The van der Waals surface area contributed by atoms with Crippen LogP contribution in [0, 0.1) is 0 Å². The Balaban J connectivity index is 1.92. The Morgan fingerprint density at radius 1 is 1.00 bits per heavy atom. The molecule has 0 aliphatic rings. The van der Waals surface area contributed by atoms with Crippen molar-refractivity contribution in [2.24, 2.45) is 5.10 Å². The zero-order valence-corrected chi connectivity index (χ0v) is 12.8. The van der Waals surface area contributed by atoms with Crippen molar-refractivity contribution in [1.29, 1.82) is 0 Å². The fourth-order valence-corrected chi connectivity index (χ4v) is 1.76. The molecule has 0 heterocycles. The van der Waals surface area contributed by atoms with Crippen LogP contribution in [0.5, 0.6) is 11.5 Å². The van der Waals surface area contributed by atoms with E-state index in [2.05, 4.69) is 10.5 Å². The normalized spacial score (nSPS) is 10.3. The van der Waals surface area contributed by atoms with Crippen LogP contribution in [0.2, 0.25) is 0 Å². The summed E-state index contributed by atoms with van der Waals surface area (Å²) in [5.74, 6) is 0.438. The lowest BCUT2D eigenvalue weighted by atomic mass is 10.2. The van der Waals surface area contributed by atoms with E-state index in [-0.39, 0.29) is 11.9 Å². The SMILES string of the molecule is COc1ccc(C(=O)N/N=C\c2ccc(OC(C)=O)cc2)cc1. The number of ether oxygens (including phenoxy) is 2. The summed E-state index contributed by atoms with van der Waals surface area (Å²) in [5.41, 5.74) is 3.68. The first kappa shape index (κ1) is 16.2. The average molecular weight is 312 g/mol. The second kappa shape index (κ2) is 7.74. The summed E-state index contributed by atoms with van der Waals surface area (Å²) < 4.78 is 9.95. The van der Waals surface area contributed by atoms with Crippen molar-refractivity contribution >= 4 is 18.1 Å². The summed E-state index contributed by atoms with van der Waals surface area (Å²) in [4.78, 5) is 22.7. The smallest absolute Gasteiger partial charge is 0.308 e. The molecule has 0 atom stereocenters. The Labute approximate surface area is 133 Å². The topological polar surface area (TPSA) is 77.0 Å². The molecule has 6 nitrogen and oxygen atoms in total. The minimum absolute atomic E-state index is 0.319. The highest BCUT2D eigenvalue weighted by molar-refractivity contribution is 5.95. The van der Waals surface area contributed by atoms with Crippen LogP contribution in [0.15, 0.2) is 53.6 Å². The van der Waals surface area contributed by atoms with Crippen molar-refractivity contribution in [2.45, 2.75) is 6.92 Å². The second-order valence-electron chi connectivity index (χ2n) is 4.59. The zero-order valence-electron chi connectivity index (χ0n) is 12.8. The maximum Gasteiger partial charge on any atom is 0.308 e. The summed E-state index contributed by atoms with van der Waals surface area (Å²) in [6, 6.07) is 13.4. The van der Waals surface area contributed by atoms with E-state index < -0.39 is 0 Å². The third-order valence-corrected chi connectivity index (χ3v) is 2.87. The van der Waals surface area contributed by atoms with E-state index in [1.54, 1.807) is 55.6 Å². The zero-order chi connectivity index (χ0) is 16.7. The molecule has 0 radical (unpaired) electrons. The summed E-state index contributed by atoms with van der Waals surface area (Å²) in [7, 11) is 1.56. The molecule has 1 N–H and O–H groups in total. The fourth-order valence-electron chi connectivity index (χ4n) is 1.76. The Morgan fingerprint density at radius 3 is 2.17 bits per heavy atom. The molecule has 0 spiro atoms. The van der Waals surface area contributed by atoms with Gasteiger partial charge in [-0.1, -0.05) is 0 Å². The summed E-state index contributed by atoms with van der Waals surface area (Å²) >= 11 is 0. The summed E-state index contributed by atoms with van der Waals surface area (Å²) in [6.45, 7) is 1.34. The molecule has 2 aromatic carbocycles. The number of carbonyl (C=O) groups excluding carboxylic acids is 2. The van der Waals surface area contributed by atoms with Crippen LogP contribution >= 0.6 is 0 Å². The first-order valence-corrected chi connectivity index (χ1v) is 6.84. The number of esters is 1. The number of nitrogens with one attached hydrogen (secondary N) is 1. The monoisotopic (exact) mass is 312 g/mol. The Morgan fingerprint density at radius 2 is 1.61 bits per heavy atom. The van der Waals surface area contributed by atoms with Gasteiger partial charge in [-0.15, -0.1) is 0 Å². The van der Waals surface area contributed by atoms with Gasteiger partial charge in [-0.3, -0.25) is 9.59 Å². The maximum atomic E-state index is 11.9. The summed E-state index contributed by atoms with van der Waals surface area (Å²) in [6.07, 6.45) is 1.50. The molecule has 0 bridgehead atoms. The van der Waals surface area contributed by atoms with Gasteiger partial charge < -0.3 is 9.47 Å². The maximum absolute atomic E-state index is 11.9. The van der Waals surface area contributed by atoms with Gasteiger partial charge in [0.25, 0.3) is 5.91 Å². The molecule has 0 saturated heterocycles. The van der Waals surface area contributed by atoms with E-state index in [0.29, 0.717) is 17.1 Å². The standard InChI is InChI=1S/C17H16N2O4/c1-12(20)23-16-7-3-13(4-8-16)11-18-19-17(21)14-5-9-15(22-2)10-6-14/h3-11H,1-2H3,(H,19,21)/b18-11-. The largest absolute Gasteiger partial charge is 0.497 e. The average Bonchev–Trinajstić information content (AvgIpc) is 2.56. The number of hydrazone groups is 1. The third kappa shape index (κ3) is 4.96. The van der Waals surface area contributed by atoms with Crippen LogP contribution in [0.3, 0.4) is 0 Å². The highest BCUT2D eigenvalue weighted by atomic mass is 16.5. The number of methoxy groups -OCH3 is 1. The molecule has 0 aromatic heterocycles. The highest BCUT2D eigenvalue weighted by Gasteiger charge is 2.03. The number of rotatable bonds is 5. The fraction of sp³-hybridized carbons (Fsp3) is 0.118. The first-order chi connectivity index (χ1) is 11.1. The van der Waals surface area contributed by atoms with E-state index in [4.69, 9.17) is 9.47 Å². The molecule has 0 unspecified atom stereocenters. The van der Waals surface area contributed by atoms with Crippen LogP contribution < -0.4 is 14.9 Å². The van der Waals surface area contributed by atoms with Gasteiger partial charge in [0.05, 0.1) is 13.3 Å². The van der Waals surface area contributed by atoms with E-state index in [1.165, 1.54) is 13.1 Å². The lowest BCUT2D eigenvalue weighted by Crippen LogP contribution is -2.17. The van der Waals surface area contributed by atoms with Gasteiger partial charge in [-0.05, 0) is 54.1 Å². The molecule has 0 fully saturated rings. The number of hydrogen-bond donors (Lipinski definition) is 1. The van der Waals surface area contributed by atoms with Gasteiger partial charge in [0.15, 0.2) is 0 Å². The number of amides is 1. The van der Waals surface area contributed by atoms with Gasteiger partial charge in [0, 0.05) is 12.5 Å². The molecular formula is C17H16N2O4. The summed E-state index contributed by atoms with van der Waals surface area (Å²) in [5, 5.41) is 3.89. The van der Waals surface area contributed by atoms with E-state index in [9.17, 15) is 9.59 Å². The molecule has 23 heavy (non-hydrogen) atoms. The molecule has 0 saturated carbocycles. The van der Waals surface area contributed by atoms with Crippen molar-refractivity contribution in [2.75, 3.05) is 7.11 Å². The Bertz CT molecular complexity index is 706. The molecule has 0 aliphatic heterocycles. The predicted octanol–water partition coefficient (Wildman–Crippen LogP) is 2.38. The van der Waals surface area contributed by atoms with Gasteiger partial charge in [-0.2, -0.15) is 5.10 Å². The molecule has 2 rings (SSSR count). The minimum Gasteiger partial charge on any atom is -0.497 e. The van der Waals surface area contributed by atoms with Crippen LogP contribution in [0.1, 0.15) is 22.8 Å². The minimum atomic E-state index is -0.377. The van der Waals surface area contributed by atoms with Gasteiger partial charge in [-0.25, -0.2) is 5.43 Å². The Kier molecular flexibility index (Phi) is 5.46. The van der Waals surface area contributed by atoms with Crippen molar-refractivity contribution in [3.63, 3.8) is 0 Å². The lowest BCUT2D eigenvalue weighted by molar-refractivity contribution is -0.131. The predicted molar refractivity (Wildman–Crippen MR) is 85.8 cm³/mol. The molecule has 1 amide bonds. The van der Waals surface area contributed by atoms with Crippen molar-refractivity contribution in [3.8, 4) is 11.5 Å². The highest BCUT2D eigenvalue weighted by Crippen LogP contribution is 2.12. The number of carbonyl (C=O) groups is 2. The number of benzene rings is 2.